The van der Waals surface area contributed by atoms with Gasteiger partial charge < -0.3 is 9.30 Å². The summed E-state index contributed by atoms with van der Waals surface area (Å²) in [5.41, 5.74) is -0.235. The highest BCUT2D eigenvalue weighted by Gasteiger charge is 2.44. The molecule has 0 saturated heterocycles. The molecule has 0 fully saturated rings. The van der Waals surface area contributed by atoms with Gasteiger partial charge >= 0.3 is 5.97 Å². The van der Waals surface area contributed by atoms with E-state index in [1.54, 1.807) is 19.2 Å². The summed E-state index contributed by atoms with van der Waals surface area (Å²) in [5.74, 6) is -0.786. The Kier molecular flexibility index (Phi) is 5.97. The van der Waals surface area contributed by atoms with Gasteiger partial charge in [0.1, 0.15) is 0 Å². The van der Waals surface area contributed by atoms with Gasteiger partial charge in [0.05, 0.1) is 6.61 Å². The summed E-state index contributed by atoms with van der Waals surface area (Å²) in [5, 5.41) is 0. The van der Waals surface area contributed by atoms with Crippen LogP contribution in [0.2, 0.25) is 0 Å². The van der Waals surface area contributed by atoms with Crippen LogP contribution in [0.15, 0.2) is 23.1 Å². The van der Waals surface area contributed by atoms with Gasteiger partial charge in [-0.2, -0.15) is 0 Å². The lowest BCUT2D eigenvalue weighted by Crippen LogP contribution is -2.45. The predicted octanol–water partition coefficient (Wildman–Crippen LogP) is 1.21. The third-order valence-corrected chi connectivity index (χ3v) is 5.99. The molecule has 0 radical (unpaired) electrons. The van der Waals surface area contributed by atoms with Crippen LogP contribution >= 0.6 is 22.6 Å². The number of carbonyl (C=O) groups is 1. The second kappa shape index (κ2) is 6.91. The Hall–Kier alpha value is -0.900. The fourth-order valence-corrected chi connectivity index (χ4v) is 2.98. The van der Waals surface area contributed by atoms with Crippen LogP contribution in [-0.2, 0) is 25.9 Å². The number of aromatic nitrogens is 1. The predicted molar refractivity (Wildman–Crippen MR) is 87.9 cm³/mol. The fourth-order valence-electron chi connectivity index (χ4n) is 1.72. The van der Waals surface area contributed by atoms with Gasteiger partial charge in [0, 0.05) is 28.6 Å². The number of hydrogen-bond donors (Lipinski definition) is 0. The van der Waals surface area contributed by atoms with Crippen molar-refractivity contribution in [1.29, 1.82) is 0 Å². The SMILES string of the molecule is CCOC(=O)C(C)(CCn1ccc(I)cc1=O)S(C)(=O)=O. The Morgan fingerprint density at radius 3 is 2.57 bits per heavy atom. The second-order valence-electron chi connectivity index (χ2n) is 4.85. The van der Waals surface area contributed by atoms with Gasteiger partial charge in [0.15, 0.2) is 14.6 Å². The lowest BCUT2D eigenvalue weighted by molar-refractivity contribution is -0.146. The van der Waals surface area contributed by atoms with Crippen LogP contribution in [0.5, 0.6) is 0 Å². The quantitative estimate of drug-likeness (QED) is 0.504. The Labute approximate surface area is 137 Å². The maximum absolute atomic E-state index is 12.0. The molecule has 1 heterocycles. The largest absolute Gasteiger partial charge is 0.465 e. The van der Waals surface area contributed by atoms with Crippen molar-refractivity contribution in [1.82, 2.24) is 4.57 Å². The van der Waals surface area contributed by atoms with E-state index in [0.717, 1.165) is 9.83 Å². The molecule has 1 aromatic heterocycles. The van der Waals surface area contributed by atoms with Gasteiger partial charge in [-0.05, 0) is 48.9 Å². The Morgan fingerprint density at radius 2 is 2.10 bits per heavy atom. The summed E-state index contributed by atoms with van der Waals surface area (Å²) >= 11 is 2.02. The first kappa shape index (κ1) is 18.1. The molecule has 8 heteroatoms. The van der Waals surface area contributed by atoms with Crippen LogP contribution in [0.4, 0.5) is 0 Å². The van der Waals surface area contributed by atoms with Crippen LogP contribution in [-0.4, -0.2) is 36.6 Å². The zero-order chi connectivity index (χ0) is 16.3. The van der Waals surface area contributed by atoms with Crippen molar-refractivity contribution < 1.29 is 17.9 Å². The molecule has 118 valence electrons. The number of esters is 1. The van der Waals surface area contributed by atoms with Crippen molar-refractivity contribution in [3.05, 3.63) is 32.3 Å². The van der Waals surface area contributed by atoms with Crippen molar-refractivity contribution in [3.8, 4) is 0 Å². The average molecular weight is 427 g/mol. The van der Waals surface area contributed by atoms with Crippen LogP contribution in [0.25, 0.3) is 0 Å². The number of rotatable bonds is 6. The van der Waals surface area contributed by atoms with Gasteiger partial charge in [-0.1, -0.05) is 0 Å². The Bertz CT molecular complexity index is 682. The van der Waals surface area contributed by atoms with E-state index < -0.39 is 20.6 Å². The number of pyridine rings is 1. The second-order valence-corrected chi connectivity index (χ2v) is 8.54. The summed E-state index contributed by atoms with van der Waals surface area (Å²) < 4.78 is 29.3. The summed E-state index contributed by atoms with van der Waals surface area (Å²) in [6.45, 7) is 3.17. The normalized spacial score (nSPS) is 14.5. The molecule has 1 aromatic rings. The van der Waals surface area contributed by atoms with E-state index in [-0.39, 0.29) is 25.1 Å². The van der Waals surface area contributed by atoms with Gasteiger partial charge in [-0.25, -0.2) is 8.42 Å². The molecule has 0 saturated carbocycles. The van der Waals surface area contributed by atoms with Gasteiger partial charge in [-0.3, -0.25) is 9.59 Å². The minimum atomic E-state index is -3.67. The number of hydrogen-bond acceptors (Lipinski definition) is 5. The zero-order valence-corrected chi connectivity index (χ0v) is 15.1. The van der Waals surface area contributed by atoms with Gasteiger partial charge in [0.2, 0.25) is 0 Å². The van der Waals surface area contributed by atoms with E-state index in [0.29, 0.717) is 0 Å². The van der Waals surface area contributed by atoms with Gasteiger partial charge in [-0.15, -0.1) is 0 Å². The maximum atomic E-state index is 12.0. The van der Waals surface area contributed by atoms with Crippen molar-refractivity contribution in [2.45, 2.75) is 31.6 Å². The molecule has 0 aliphatic rings. The lowest BCUT2D eigenvalue weighted by atomic mass is 10.1. The highest BCUT2D eigenvalue weighted by molar-refractivity contribution is 14.1. The third kappa shape index (κ3) is 4.29. The molecule has 0 aromatic carbocycles. The number of sulfone groups is 1. The Balaban J connectivity index is 3.04. The molecule has 6 nitrogen and oxygen atoms in total. The molecule has 1 rings (SSSR count). The van der Waals surface area contributed by atoms with E-state index in [9.17, 15) is 18.0 Å². The minimum Gasteiger partial charge on any atom is -0.465 e. The summed E-state index contributed by atoms with van der Waals surface area (Å²) in [7, 11) is -3.67. The van der Waals surface area contributed by atoms with Crippen LogP contribution in [0.3, 0.4) is 0 Å². The number of ether oxygens (including phenoxy) is 1. The fraction of sp³-hybridized carbons (Fsp3) is 0.538. The molecule has 0 aliphatic heterocycles. The monoisotopic (exact) mass is 427 g/mol. The van der Waals surface area contributed by atoms with E-state index >= 15 is 0 Å². The summed E-state index contributed by atoms with van der Waals surface area (Å²) in [6.07, 6.45) is 2.56. The minimum absolute atomic E-state index is 0.0227. The molecule has 0 N–H and O–H groups in total. The van der Waals surface area contributed by atoms with Crippen molar-refractivity contribution >= 4 is 38.4 Å². The van der Waals surface area contributed by atoms with E-state index in [4.69, 9.17) is 4.74 Å². The van der Waals surface area contributed by atoms with E-state index in [2.05, 4.69) is 0 Å². The van der Waals surface area contributed by atoms with Crippen LogP contribution < -0.4 is 5.56 Å². The third-order valence-electron chi connectivity index (χ3n) is 3.31. The summed E-state index contributed by atoms with van der Waals surface area (Å²) in [6, 6.07) is 3.19. The summed E-state index contributed by atoms with van der Waals surface area (Å²) in [4.78, 5) is 23.8. The topological polar surface area (TPSA) is 82.4 Å². The standard InChI is InChI=1S/C13H18INO5S/c1-4-20-12(17)13(2,21(3,18)19)6-8-15-7-5-10(14)9-11(15)16/h5,7,9H,4,6,8H2,1-3H3. The van der Waals surface area contributed by atoms with Crippen molar-refractivity contribution in [3.63, 3.8) is 0 Å². The highest BCUT2D eigenvalue weighted by atomic mass is 127. The maximum Gasteiger partial charge on any atom is 0.327 e. The molecule has 0 aliphatic carbocycles. The molecule has 0 spiro atoms. The van der Waals surface area contributed by atoms with Crippen LogP contribution in [0, 0.1) is 3.57 Å². The number of carbonyl (C=O) groups excluding carboxylic acids is 1. The molecular weight excluding hydrogens is 409 g/mol. The molecule has 1 atom stereocenters. The molecule has 0 amide bonds. The molecule has 1 unspecified atom stereocenters. The Morgan fingerprint density at radius 1 is 1.48 bits per heavy atom. The lowest BCUT2D eigenvalue weighted by Gasteiger charge is -2.25. The molecular formula is C13H18INO5S. The van der Waals surface area contributed by atoms with E-state index in [1.807, 2.05) is 22.6 Å². The average Bonchev–Trinajstić information content (AvgIpc) is 2.36. The first-order valence-electron chi connectivity index (χ1n) is 6.34. The van der Waals surface area contributed by atoms with E-state index in [1.165, 1.54) is 17.6 Å². The van der Waals surface area contributed by atoms with Gasteiger partial charge in [0.25, 0.3) is 5.56 Å². The zero-order valence-electron chi connectivity index (χ0n) is 12.1. The molecule has 0 bridgehead atoms. The smallest absolute Gasteiger partial charge is 0.327 e. The number of aryl methyl sites for hydroxylation is 1. The first-order valence-corrected chi connectivity index (χ1v) is 9.31. The van der Waals surface area contributed by atoms with Crippen LogP contribution in [0.1, 0.15) is 20.3 Å². The van der Waals surface area contributed by atoms with Crippen molar-refractivity contribution in [2.75, 3.05) is 12.9 Å². The molecule has 21 heavy (non-hydrogen) atoms. The number of nitrogens with zero attached hydrogens (tertiary/aromatic N) is 1. The van der Waals surface area contributed by atoms with Crippen molar-refractivity contribution in [2.24, 2.45) is 0 Å². The first-order chi connectivity index (χ1) is 9.61. The highest BCUT2D eigenvalue weighted by Crippen LogP contribution is 2.23. The number of halogens is 1.